The van der Waals surface area contributed by atoms with Gasteiger partial charge in [-0.2, -0.15) is 0 Å². The predicted molar refractivity (Wildman–Crippen MR) is 84.9 cm³/mol. The third-order valence-electron chi connectivity index (χ3n) is 4.25. The van der Waals surface area contributed by atoms with E-state index >= 15 is 0 Å². The van der Waals surface area contributed by atoms with Gasteiger partial charge in [0.25, 0.3) is 0 Å². The van der Waals surface area contributed by atoms with Gasteiger partial charge in [-0.05, 0) is 55.5 Å². The van der Waals surface area contributed by atoms with Crippen LogP contribution in [0.15, 0.2) is 48.5 Å². The molecule has 1 aliphatic rings. The average Bonchev–Trinajstić information content (AvgIpc) is 2.82. The van der Waals surface area contributed by atoms with Crippen molar-refractivity contribution in [3.63, 3.8) is 0 Å². The maximum atomic E-state index is 6.18. The van der Waals surface area contributed by atoms with Crippen LogP contribution >= 0.6 is 11.6 Å². The number of halogens is 1. The van der Waals surface area contributed by atoms with Crippen molar-refractivity contribution in [3.05, 3.63) is 64.8 Å². The highest BCUT2D eigenvalue weighted by Crippen LogP contribution is 2.34. The van der Waals surface area contributed by atoms with Crippen LogP contribution in [0.1, 0.15) is 24.1 Å². The standard InChI is InChI=1S/C18H16ClN/c19-13-6-5-7-14(12-13)20-17-10-3-1-8-15(17)16-9-2-4-11-18(16)20/h1,3,5-8,10,12H,2,4,9,11H2. The molecule has 0 bridgehead atoms. The topological polar surface area (TPSA) is 4.93 Å². The summed E-state index contributed by atoms with van der Waals surface area (Å²) < 4.78 is 2.40. The number of hydrogen-bond acceptors (Lipinski definition) is 0. The molecule has 0 amide bonds. The minimum atomic E-state index is 0.796. The van der Waals surface area contributed by atoms with Crippen molar-refractivity contribution < 1.29 is 0 Å². The Kier molecular flexibility index (Phi) is 2.82. The lowest BCUT2D eigenvalue weighted by Gasteiger charge is -2.16. The first kappa shape index (κ1) is 12.0. The van der Waals surface area contributed by atoms with E-state index in [1.165, 1.54) is 47.1 Å². The van der Waals surface area contributed by atoms with Gasteiger partial charge in [-0.25, -0.2) is 0 Å². The normalized spacial score (nSPS) is 14.4. The zero-order valence-corrected chi connectivity index (χ0v) is 12.0. The highest BCUT2D eigenvalue weighted by molar-refractivity contribution is 6.30. The molecule has 0 atom stereocenters. The summed E-state index contributed by atoms with van der Waals surface area (Å²) in [7, 11) is 0. The van der Waals surface area contributed by atoms with E-state index in [-0.39, 0.29) is 0 Å². The van der Waals surface area contributed by atoms with Crippen LogP contribution in [0.4, 0.5) is 0 Å². The number of nitrogens with zero attached hydrogens (tertiary/aromatic N) is 1. The minimum absolute atomic E-state index is 0.796. The summed E-state index contributed by atoms with van der Waals surface area (Å²) in [6.45, 7) is 0. The fourth-order valence-electron chi connectivity index (χ4n) is 3.41. The van der Waals surface area contributed by atoms with Crippen LogP contribution in [0.3, 0.4) is 0 Å². The quantitative estimate of drug-likeness (QED) is 0.580. The highest BCUT2D eigenvalue weighted by Gasteiger charge is 2.20. The Balaban J connectivity index is 2.08. The predicted octanol–water partition coefficient (Wildman–Crippen LogP) is 5.16. The summed E-state index contributed by atoms with van der Waals surface area (Å²) in [4.78, 5) is 0. The molecule has 2 heteroatoms. The maximum absolute atomic E-state index is 6.18. The Hall–Kier alpha value is -1.73. The molecule has 0 aliphatic heterocycles. The molecule has 0 fully saturated rings. The van der Waals surface area contributed by atoms with E-state index in [1.807, 2.05) is 12.1 Å². The van der Waals surface area contributed by atoms with Gasteiger partial charge in [0.05, 0.1) is 5.52 Å². The van der Waals surface area contributed by atoms with Gasteiger partial charge in [-0.1, -0.05) is 35.9 Å². The monoisotopic (exact) mass is 281 g/mol. The fourth-order valence-corrected chi connectivity index (χ4v) is 3.59. The second-order valence-corrected chi connectivity index (χ2v) is 5.90. The summed E-state index contributed by atoms with van der Waals surface area (Å²) in [5.74, 6) is 0. The van der Waals surface area contributed by atoms with Crippen LogP contribution in [0.2, 0.25) is 5.02 Å². The van der Waals surface area contributed by atoms with Gasteiger partial charge >= 0.3 is 0 Å². The maximum Gasteiger partial charge on any atom is 0.0534 e. The zero-order chi connectivity index (χ0) is 13.5. The molecular formula is C18H16ClN. The zero-order valence-electron chi connectivity index (χ0n) is 11.3. The van der Waals surface area contributed by atoms with E-state index in [1.54, 1.807) is 0 Å². The summed E-state index contributed by atoms with van der Waals surface area (Å²) in [5.41, 5.74) is 5.49. The third kappa shape index (κ3) is 1.77. The molecular weight excluding hydrogens is 266 g/mol. The minimum Gasteiger partial charge on any atom is -0.313 e. The second-order valence-electron chi connectivity index (χ2n) is 5.46. The average molecular weight is 282 g/mol. The van der Waals surface area contributed by atoms with Crippen LogP contribution in [0.25, 0.3) is 16.6 Å². The Labute approximate surface area is 123 Å². The molecule has 100 valence electrons. The number of hydrogen-bond donors (Lipinski definition) is 0. The largest absolute Gasteiger partial charge is 0.313 e. The van der Waals surface area contributed by atoms with Gasteiger partial charge < -0.3 is 4.57 Å². The molecule has 0 radical (unpaired) electrons. The van der Waals surface area contributed by atoms with Crippen molar-refractivity contribution >= 4 is 22.5 Å². The van der Waals surface area contributed by atoms with Gasteiger partial charge in [-0.15, -0.1) is 0 Å². The summed E-state index contributed by atoms with van der Waals surface area (Å²) >= 11 is 6.18. The van der Waals surface area contributed by atoms with Crippen LogP contribution in [0, 0.1) is 0 Å². The molecule has 0 N–H and O–H groups in total. The van der Waals surface area contributed by atoms with Crippen LogP contribution < -0.4 is 0 Å². The summed E-state index contributed by atoms with van der Waals surface area (Å²) in [5, 5.41) is 2.20. The number of fused-ring (bicyclic) bond motifs is 3. The van der Waals surface area contributed by atoms with Crippen LogP contribution in [0.5, 0.6) is 0 Å². The van der Waals surface area contributed by atoms with Gasteiger partial charge in [-0.3, -0.25) is 0 Å². The lowest BCUT2D eigenvalue weighted by Crippen LogP contribution is -2.06. The van der Waals surface area contributed by atoms with Crippen molar-refractivity contribution in [2.75, 3.05) is 0 Å². The van der Waals surface area contributed by atoms with E-state index < -0.39 is 0 Å². The first-order valence-corrected chi connectivity index (χ1v) is 7.59. The van der Waals surface area contributed by atoms with Crippen molar-refractivity contribution in [2.45, 2.75) is 25.7 Å². The molecule has 0 unspecified atom stereocenters. The third-order valence-corrected chi connectivity index (χ3v) is 4.48. The molecule has 1 nitrogen and oxygen atoms in total. The Morgan fingerprint density at radius 1 is 0.900 bits per heavy atom. The fraction of sp³-hybridized carbons (Fsp3) is 0.222. The summed E-state index contributed by atoms with van der Waals surface area (Å²) in [6, 6.07) is 16.9. The molecule has 4 rings (SSSR count). The summed E-state index contributed by atoms with van der Waals surface area (Å²) in [6.07, 6.45) is 4.94. The van der Waals surface area contributed by atoms with Crippen LogP contribution in [-0.4, -0.2) is 4.57 Å². The molecule has 20 heavy (non-hydrogen) atoms. The molecule has 0 spiro atoms. The first-order valence-electron chi connectivity index (χ1n) is 7.22. The van der Waals surface area contributed by atoms with Gasteiger partial charge in [0, 0.05) is 21.8 Å². The number of benzene rings is 2. The molecule has 0 saturated heterocycles. The number of rotatable bonds is 1. The van der Waals surface area contributed by atoms with Gasteiger partial charge in [0.15, 0.2) is 0 Å². The van der Waals surface area contributed by atoms with E-state index in [9.17, 15) is 0 Å². The van der Waals surface area contributed by atoms with Crippen molar-refractivity contribution in [1.29, 1.82) is 0 Å². The Bertz CT molecular complexity index is 785. The smallest absolute Gasteiger partial charge is 0.0534 e. The van der Waals surface area contributed by atoms with E-state index in [0.717, 1.165) is 11.4 Å². The van der Waals surface area contributed by atoms with Crippen molar-refractivity contribution in [1.82, 2.24) is 4.57 Å². The number of aromatic nitrogens is 1. The highest BCUT2D eigenvalue weighted by atomic mass is 35.5. The lowest BCUT2D eigenvalue weighted by molar-refractivity contribution is 0.667. The van der Waals surface area contributed by atoms with E-state index in [2.05, 4.69) is 41.0 Å². The van der Waals surface area contributed by atoms with Gasteiger partial charge in [0.2, 0.25) is 0 Å². The Morgan fingerprint density at radius 3 is 2.65 bits per heavy atom. The number of aryl methyl sites for hydroxylation is 1. The van der Waals surface area contributed by atoms with Gasteiger partial charge in [0.1, 0.15) is 0 Å². The lowest BCUT2D eigenvalue weighted by atomic mass is 9.95. The van der Waals surface area contributed by atoms with Crippen molar-refractivity contribution in [3.8, 4) is 5.69 Å². The van der Waals surface area contributed by atoms with Crippen molar-refractivity contribution in [2.24, 2.45) is 0 Å². The number of para-hydroxylation sites is 1. The van der Waals surface area contributed by atoms with E-state index in [4.69, 9.17) is 11.6 Å². The Morgan fingerprint density at radius 2 is 1.75 bits per heavy atom. The molecule has 1 heterocycles. The second kappa shape index (κ2) is 4.68. The van der Waals surface area contributed by atoms with Crippen LogP contribution in [-0.2, 0) is 12.8 Å². The van der Waals surface area contributed by atoms with E-state index in [0.29, 0.717) is 0 Å². The molecule has 1 aliphatic carbocycles. The molecule has 2 aromatic carbocycles. The SMILES string of the molecule is Clc1cccc(-n2c3c(c4ccccc42)CCCC3)c1. The molecule has 0 saturated carbocycles. The molecule has 1 aromatic heterocycles. The first-order chi connectivity index (χ1) is 9.84. The molecule has 3 aromatic rings.